The molecule has 0 radical (unpaired) electrons. The molecule has 1 unspecified atom stereocenters. The first kappa shape index (κ1) is 15.8. The van der Waals surface area contributed by atoms with Gasteiger partial charge in [-0.3, -0.25) is 9.69 Å². The number of carbonyl (C=O) groups excluding carboxylic acids is 1. The van der Waals surface area contributed by atoms with E-state index < -0.39 is 0 Å². The van der Waals surface area contributed by atoms with Gasteiger partial charge < -0.3 is 4.74 Å². The van der Waals surface area contributed by atoms with Crippen LogP contribution in [0, 0.1) is 5.92 Å². The first-order chi connectivity index (χ1) is 12.3. The summed E-state index contributed by atoms with van der Waals surface area (Å²) < 4.78 is 5.39. The van der Waals surface area contributed by atoms with Crippen molar-refractivity contribution in [2.75, 3.05) is 25.2 Å². The molecule has 2 aromatic carbocycles. The number of anilines is 1. The minimum absolute atomic E-state index is 0.0545. The Balaban J connectivity index is 1.54. The summed E-state index contributed by atoms with van der Waals surface area (Å²) in [5, 5.41) is 6.16. The lowest BCUT2D eigenvalue weighted by atomic mass is 9.94. The summed E-state index contributed by atoms with van der Waals surface area (Å²) in [7, 11) is 1.61. The molecule has 1 amide bonds. The van der Waals surface area contributed by atoms with Crippen molar-refractivity contribution in [3.63, 3.8) is 0 Å². The van der Waals surface area contributed by atoms with Crippen LogP contribution in [0.15, 0.2) is 59.7 Å². The number of hydrogen-bond acceptors (Lipinski definition) is 4. The zero-order chi connectivity index (χ0) is 17.2. The van der Waals surface area contributed by atoms with Crippen molar-refractivity contribution in [2.24, 2.45) is 11.0 Å². The van der Waals surface area contributed by atoms with Gasteiger partial charge in [-0.25, -0.2) is 0 Å². The number of fused-ring (bicyclic) bond motifs is 1. The van der Waals surface area contributed by atoms with Gasteiger partial charge in [0.05, 0.1) is 18.7 Å². The third-order valence-corrected chi connectivity index (χ3v) is 4.82. The van der Waals surface area contributed by atoms with Crippen molar-refractivity contribution in [2.45, 2.75) is 13.0 Å². The largest absolute Gasteiger partial charge is 0.494 e. The van der Waals surface area contributed by atoms with E-state index in [4.69, 9.17) is 4.74 Å². The summed E-state index contributed by atoms with van der Waals surface area (Å²) >= 11 is 0. The number of nitrogens with zero attached hydrogens (tertiary/aromatic N) is 3. The molecule has 5 nitrogen and oxygen atoms in total. The maximum atomic E-state index is 12.8. The van der Waals surface area contributed by atoms with Crippen molar-refractivity contribution in [3.8, 4) is 5.75 Å². The fraction of sp³-hybridized carbons (Fsp3) is 0.300. The average molecular weight is 335 g/mol. The lowest BCUT2D eigenvalue weighted by Gasteiger charge is -2.29. The van der Waals surface area contributed by atoms with Crippen molar-refractivity contribution in [1.82, 2.24) is 4.90 Å². The molecule has 0 bridgehead atoms. The third kappa shape index (κ3) is 3.03. The van der Waals surface area contributed by atoms with E-state index in [2.05, 4.69) is 34.3 Å². The smallest absolute Gasteiger partial charge is 0.256 e. The minimum Gasteiger partial charge on any atom is -0.494 e. The van der Waals surface area contributed by atoms with Gasteiger partial charge in [0.15, 0.2) is 0 Å². The van der Waals surface area contributed by atoms with Gasteiger partial charge in [-0.05, 0) is 24.1 Å². The predicted molar refractivity (Wildman–Crippen MR) is 97.7 cm³/mol. The number of benzene rings is 2. The molecule has 4 rings (SSSR count). The molecule has 0 N–H and O–H groups in total. The summed E-state index contributed by atoms with van der Waals surface area (Å²) in [6.45, 7) is 2.52. The molecule has 5 heteroatoms. The van der Waals surface area contributed by atoms with Gasteiger partial charge in [-0.15, -0.1) is 0 Å². The van der Waals surface area contributed by atoms with Crippen LogP contribution in [0.2, 0.25) is 0 Å². The number of rotatable bonds is 4. The van der Waals surface area contributed by atoms with Crippen LogP contribution in [0.4, 0.5) is 5.69 Å². The number of hydrazone groups is 1. The Morgan fingerprint density at radius 3 is 2.68 bits per heavy atom. The van der Waals surface area contributed by atoms with Gasteiger partial charge >= 0.3 is 0 Å². The van der Waals surface area contributed by atoms with Gasteiger partial charge in [0, 0.05) is 19.6 Å². The highest BCUT2D eigenvalue weighted by atomic mass is 16.5. The van der Waals surface area contributed by atoms with Crippen LogP contribution in [-0.2, 0) is 11.3 Å². The minimum atomic E-state index is -0.100. The number of para-hydroxylation sites is 2. The maximum Gasteiger partial charge on any atom is 0.256 e. The van der Waals surface area contributed by atoms with Crippen LogP contribution in [-0.4, -0.2) is 36.7 Å². The molecule has 0 saturated carbocycles. The molecule has 25 heavy (non-hydrogen) atoms. The Labute approximate surface area is 147 Å². The second-order valence-electron chi connectivity index (χ2n) is 6.45. The van der Waals surface area contributed by atoms with Gasteiger partial charge in [0.25, 0.3) is 5.91 Å². The number of ether oxygens (including phenoxy) is 1. The van der Waals surface area contributed by atoms with E-state index in [9.17, 15) is 4.79 Å². The van der Waals surface area contributed by atoms with Crippen molar-refractivity contribution >= 4 is 17.3 Å². The summed E-state index contributed by atoms with van der Waals surface area (Å²) in [5.41, 5.74) is 2.96. The summed E-state index contributed by atoms with van der Waals surface area (Å²) in [6, 6.07) is 17.9. The zero-order valence-corrected chi connectivity index (χ0v) is 14.3. The number of hydrogen-bond donors (Lipinski definition) is 0. The van der Waals surface area contributed by atoms with Crippen LogP contribution in [0.3, 0.4) is 0 Å². The summed E-state index contributed by atoms with van der Waals surface area (Å²) in [5.74, 6) is 0.621. The Morgan fingerprint density at radius 1 is 1.12 bits per heavy atom. The molecule has 128 valence electrons. The highest BCUT2D eigenvalue weighted by molar-refractivity contribution is 6.16. The second-order valence-corrected chi connectivity index (χ2v) is 6.45. The fourth-order valence-electron chi connectivity index (χ4n) is 3.54. The molecule has 1 fully saturated rings. The quantitative estimate of drug-likeness (QED) is 0.863. The predicted octanol–water partition coefficient (Wildman–Crippen LogP) is 2.92. The van der Waals surface area contributed by atoms with E-state index in [0.29, 0.717) is 11.4 Å². The van der Waals surface area contributed by atoms with E-state index in [1.807, 2.05) is 30.3 Å². The molecule has 2 aromatic rings. The highest BCUT2D eigenvalue weighted by Gasteiger charge is 2.40. The first-order valence-electron chi connectivity index (χ1n) is 8.57. The van der Waals surface area contributed by atoms with E-state index in [1.165, 1.54) is 10.6 Å². The van der Waals surface area contributed by atoms with E-state index in [1.54, 1.807) is 7.11 Å². The number of amides is 1. The molecule has 0 aromatic heterocycles. The molecule has 2 aliphatic heterocycles. The summed E-state index contributed by atoms with van der Waals surface area (Å²) in [4.78, 5) is 15.2. The highest BCUT2D eigenvalue weighted by Crippen LogP contribution is 2.34. The Bertz CT molecular complexity index is 804. The van der Waals surface area contributed by atoms with Crippen molar-refractivity contribution in [3.05, 3.63) is 60.2 Å². The van der Waals surface area contributed by atoms with Crippen LogP contribution in [0.5, 0.6) is 5.75 Å². The normalized spacial score (nSPS) is 20.4. The number of likely N-dealkylation sites (tertiary alicyclic amines) is 1. The van der Waals surface area contributed by atoms with Crippen molar-refractivity contribution in [1.29, 1.82) is 0 Å². The van der Waals surface area contributed by atoms with Crippen LogP contribution >= 0.6 is 0 Å². The van der Waals surface area contributed by atoms with Crippen LogP contribution < -0.4 is 9.75 Å². The molecule has 2 aliphatic rings. The maximum absolute atomic E-state index is 12.8. The van der Waals surface area contributed by atoms with E-state index >= 15 is 0 Å². The van der Waals surface area contributed by atoms with Crippen LogP contribution in [0.25, 0.3) is 0 Å². The number of methoxy groups -OCH3 is 1. The van der Waals surface area contributed by atoms with Crippen LogP contribution in [0.1, 0.15) is 12.0 Å². The van der Waals surface area contributed by atoms with Gasteiger partial charge in [-0.2, -0.15) is 10.1 Å². The fourth-order valence-corrected chi connectivity index (χ4v) is 3.54. The van der Waals surface area contributed by atoms with Gasteiger partial charge in [0.1, 0.15) is 11.4 Å². The van der Waals surface area contributed by atoms with Crippen molar-refractivity contribution < 1.29 is 9.53 Å². The standard InChI is InChI=1S/C20H21N3O2/c1-25-19-10-6-5-9-18(19)23-20(24)16-11-12-22(14-17(16)21-23)13-15-7-3-2-4-8-15/h2-10,16H,11-14H2,1H3. The SMILES string of the molecule is COc1ccccc1N1N=C2CN(Cc3ccccc3)CCC2C1=O. The third-order valence-electron chi connectivity index (χ3n) is 4.82. The van der Waals surface area contributed by atoms with E-state index in [-0.39, 0.29) is 11.8 Å². The summed E-state index contributed by atoms with van der Waals surface area (Å²) in [6.07, 6.45) is 0.816. The molecule has 0 spiro atoms. The van der Waals surface area contributed by atoms with Gasteiger partial charge in [-0.1, -0.05) is 42.5 Å². The molecule has 2 heterocycles. The molecule has 0 aliphatic carbocycles. The molecule has 1 saturated heterocycles. The second kappa shape index (κ2) is 6.69. The topological polar surface area (TPSA) is 45.1 Å². The zero-order valence-electron chi connectivity index (χ0n) is 14.3. The number of carbonyl (C=O) groups is 1. The molecular weight excluding hydrogens is 314 g/mol. The lowest BCUT2D eigenvalue weighted by Crippen LogP contribution is -2.41. The average Bonchev–Trinajstić information content (AvgIpc) is 2.98. The molecule has 1 atom stereocenters. The Morgan fingerprint density at radius 2 is 1.88 bits per heavy atom. The molecular formula is C20H21N3O2. The Kier molecular flexibility index (Phi) is 4.24. The first-order valence-corrected chi connectivity index (χ1v) is 8.57. The lowest BCUT2D eigenvalue weighted by molar-refractivity contribution is -0.120. The Hall–Kier alpha value is -2.66. The van der Waals surface area contributed by atoms with E-state index in [0.717, 1.165) is 31.8 Å². The number of piperidine rings is 1. The van der Waals surface area contributed by atoms with Gasteiger partial charge in [0.2, 0.25) is 0 Å². The monoisotopic (exact) mass is 335 g/mol.